The molecule has 0 fully saturated rings. The van der Waals surface area contributed by atoms with Crippen LogP contribution in [-0.2, 0) is 4.74 Å². The molecule has 0 bridgehead atoms. The van der Waals surface area contributed by atoms with Crippen LogP contribution in [0.1, 0.15) is 41.5 Å². The summed E-state index contributed by atoms with van der Waals surface area (Å²) in [5.74, 6) is 0.0671. The molecular weight excluding hydrogens is 218 g/mol. The Labute approximate surface area is 104 Å². The van der Waals surface area contributed by atoms with E-state index in [9.17, 15) is 9.90 Å². The van der Waals surface area contributed by atoms with Crippen LogP contribution in [0.5, 0.6) is 0 Å². The van der Waals surface area contributed by atoms with Gasteiger partial charge in [-0.1, -0.05) is 18.6 Å². The number of aliphatic hydroxyl groups excluding tert-OH is 1. The highest BCUT2D eigenvalue weighted by molar-refractivity contribution is 5.68. The van der Waals surface area contributed by atoms with E-state index in [-0.39, 0.29) is 18.6 Å². The van der Waals surface area contributed by atoms with Crippen LogP contribution in [0.25, 0.3) is 0 Å². The number of carbonyl (C=O) groups excluding carboxylic acids is 1. The second-order valence-corrected chi connectivity index (χ2v) is 5.54. The van der Waals surface area contributed by atoms with Crippen LogP contribution in [0.4, 0.5) is 4.79 Å². The normalized spacial score (nSPS) is 14.8. The number of nitrogens with one attached hydrogen (secondary N) is 1. The van der Waals surface area contributed by atoms with Gasteiger partial charge in [-0.25, -0.2) is 4.79 Å². The molecule has 2 atom stereocenters. The van der Waals surface area contributed by atoms with Gasteiger partial charge in [0, 0.05) is 0 Å². The highest BCUT2D eigenvalue weighted by Gasteiger charge is 2.21. The Bertz CT molecular complexity index is 275. The summed E-state index contributed by atoms with van der Waals surface area (Å²) in [5.41, 5.74) is 0.631. The Kier molecular flexibility index (Phi) is 6.24. The number of amides is 1. The van der Waals surface area contributed by atoms with Crippen molar-refractivity contribution < 1.29 is 14.6 Å². The lowest BCUT2D eigenvalue weighted by Gasteiger charge is -2.25. The van der Waals surface area contributed by atoms with E-state index in [0.717, 1.165) is 5.57 Å². The molecule has 17 heavy (non-hydrogen) atoms. The molecule has 0 radical (unpaired) electrons. The van der Waals surface area contributed by atoms with Gasteiger partial charge in [-0.15, -0.1) is 0 Å². The van der Waals surface area contributed by atoms with Crippen LogP contribution in [0.2, 0.25) is 0 Å². The summed E-state index contributed by atoms with van der Waals surface area (Å²) >= 11 is 0. The molecule has 0 saturated carbocycles. The van der Waals surface area contributed by atoms with Crippen molar-refractivity contribution in [3.05, 3.63) is 11.6 Å². The third-order valence-corrected chi connectivity index (χ3v) is 2.13. The largest absolute Gasteiger partial charge is 0.444 e. The molecule has 0 saturated heterocycles. The van der Waals surface area contributed by atoms with E-state index in [1.165, 1.54) is 0 Å². The van der Waals surface area contributed by atoms with E-state index < -0.39 is 11.7 Å². The van der Waals surface area contributed by atoms with Gasteiger partial charge in [0.25, 0.3) is 0 Å². The molecule has 0 rings (SSSR count). The fraction of sp³-hybridized carbons (Fsp3) is 0.769. The zero-order chi connectivity index (χ0) is 13.6. The molecule has 0 aliphatic rings. The number of hydrogen-bond donors (Lipinski definition) is 2. The lowest BCUT2D eigenvalue weighted by Crippen LogP contribution is -2.44. The van der Waals surface area contributed by atoms with Gasteiger partial charge in [-0.05, 0) is 40.5 Å². The second-order valence-electron chi connectivity index (χ2n) is 5.54. The second kappa shape index (κ2) is 6.64. The Morgan fingerprint density at radius 2 is 1.94 bits per heavy atom. The number of hydrogen-bond acceptors (Lipinski definition) is 3. The Balaban J connectivity index is 4.41. The summed E-state index contributed by atoms with van der Waals surface area (Å²) < 4.78 is 5.14. The van der Waals surface area contributed by atoms with Crippen molar-refractivity contribution in [2.75, 3.05) is 6.61 Å². The number of alkyl carbamates (subject to hydrolysis) is 1. The standard InChI is InChI=1S/C13H25NO3/c1-9(2)7-10(3)11(8-15)14-12(16)17-13(4,5)6/h7,10-11,15H,8H2,1-6H3,(H,14,16). The molecular formula is C13H25NO3. The smallest absolute Gasteiger partial charge is 0.407 e. The highest BCUT2D eigenvalue weighted by Crippen LogP contribution is 2.10. The van der Waals surface area contributed by atoms with Crippen molar-refractivity contribution in [3.63, 3.8) is 0 Å². The maximum absolute atomic E-state index is 11.6. The summed E-state index contributed by atoms with van der Waals surface area (Å²) in [6, 6.07) is -0.320. The quantitative estimate of drug-likeness (QED) is 0.746. The van der Waals surface area contributed by atoms with Crippen molar-refractivity contribution >= 4 is 6.09 Å². The first kappa shape index (κ1) is 16.0. The molecule has 2 unspecified atom stereocenters. The fourth-order valence-electron chi connectivity index (χ4n) is 1.44. The van der Waals surface area contributed by atoms with E-state index in [1.54, 1.807) is 20.8 Å². The SMILES string of the molecule is CC(C)=CC(C)C(CO)NC(=O)OC(C)(C)C. The lowest BCUT2D eigenvalue weighted by molar-refractivity contribution is 0.0467. The molecule has 4 nitrogen and oxygen atoms in total. The van der Waals surface area contributed by atoms with Gasteiger partial charge >= 0.3 is 6.09 Å². The molecule has 0 aliphatic carbocycles. The zero-order valence-corrected chi connectivity index (χ0v) is 11.7. The summed E-state index contributed by atoms with van der Waals surface area (Å²) in [6.07, 6.45) is 1.52. The van der Waals surface area contributed by atoms with E-state index >= 15 is 0 Å². The molecule has 4 heteroatoms. The van der Waals surface area contributed by atoms with Gasteiger partial charge in [0.05, 0.1) is 12.6 Å². The average molecular weight is 243 g/mol. The van der Waals surface area contributed by atoms with Crippen molar-refractivity contribution in [2.24, 2.45) is 5.92 Å². The summed E-state index contributed by atoms with van der Waals surface area (Å²) in [7, 11) is 0. The molecule has 100 valence electrons. The monoisotopic (exact) mass is 243 g/mol. The first-order chi connectivity index (χ1) is 7.65. The van der Waals surface area contributed by atoms with Gasteiger partial charge in [0.2, 0.25) is 0 Å². The van der Waals surface area contributed by atoms with Crippen LogP contribution in [0, 0.1) is 5.92 Å². The fourth-order valence-corrected chi connectivity index (χ4v) is 1.44. The van der Waals surface area contributed by atoms with Crippen molar-refractivity contribution in [1.29, 1.82) is 0 Å². The van der Waals surface area contributed by atoms with E-state index in [1.807, 2.05) is 26.8 Å². The van der Waals surface area contributed by atoms with Gasteiger partial charge in [0.1, 0.15) is 5.60 Å². The highest BCUT2D eigenvalue weighted by atomic mass is 16.6. The molecule has 1 amide bonds. The molecule has 2 N–H and O–H groups in total. The number of aliphatic hydroxyl groups is 1. The van der Waals surface area contributed by atoms with Gasteiger partial charge < -0.3 is 15.2 Å². The van der Waals surface area contributed by atoms with Crippen molar-refractivity contribution in [3.8, 4) is 0 Å². The van der Waals surface area contributed by atoms with Gasteiger partial charge in [-0.3, -0.25) is 0 Å². The Hall–Kier alpha value is -1.03. The van der Waals surface area contributed by atoms with Crippen molar-refractivity contribution in [2.45, 2.75) is 53.2 Å². The Morgan fingerprint density at radius 1 is 1.41 bits per heavy atom. The van der Waals surface area contributed by atoms with E-state index in [0.29, 0.717) is 0 Å². The molecule has 0 aromatic carbocycles. The molecule has 0 aliphatic heterocycles. The van der Waals surface area contributed by atoms with Gasteiger partial charge in [-0.2, -0.15) is 0 Å². The van der Waals surface area contributed by atoms with Gasteiger partial charge in [0.15, 0.2) is 0 Å². The molecule has 0 aromatic heterocycles. The first-order valence-corrected chi connectivity index (χ1v) is 5.91. The topological polar surface area (TPSA) is 58.6 Å². The average Bonchev–Trinajstić information content (AvgIpc) is 2.09. The van der Waals surface area contributed by atoms with E-state index in [2.05, 4.69) is 5.32 Å². The summed E-state index contributed by atoms with van der Waals surface area (Å²) in [4.78, 5) is 11.6. The predicted molar refractivity (Wildman–Crippen MR) is 68.8 cm³/mol. The number of allylic oxidation sites excluding steroid dienone is 1. The molecule has 0 heterocycles. The number of rotatable bonds is 4. The van der Waals surface area contributed by atoms with Crippen LogP contribution < -0.4 is 5.32 Å². The third kappa shape index (κ3) is 7.80. The molecule has 0 aromatic rings. The maximum Gasteiger partial charge on any atom is 0.407 e. The van der Waals surface area contributed by atoms with Crippen LogP contribution in [-0.4, -0.2) is 29.4 Å². The summed E-state index contributed by atoms with van der Waals surface area (Å²) in [6.45, 7) is 11.2. The zero-order valence-electron chi connectivity index (χ0n) is 11.7. The van der Waals surface area contributed by atoms with Crippen molar-refractivity contribution in [1.82, 2.24) is 5.32 Å². The Morgan fingerprint density at radius 3 is 2.29 bits per heavy atom. The predicted octanol–water partition coefficient (Wildman–Crippen LogP) is 2.47. The van der Waals surface area contributed by atoms with Crippen LogP contribution in [0.3, 0.4) is 0 Å². The van der Waals surface area contributed by atoms with Crippen LogP contribution in [0.15, 0.2) is 11.6 Å². The maximum atomic E-state index is 11.6. The number of carbonyl (C=O) groups is 1. The minimum absolute atomic E-state index is 0.0671. The summed E-state index contributed by atoms with van der Waals surface area (Å²) in [5, 5.41) is 11.9. The van der Waals surface area contributed by atoms with Crippen LogP contribution >= 0.6 is 0 Å². The lowest BCUT2D eigenvalue weighted by atomic mass is 10.0. The third-order valence-electron chi connectivity index (χ3n) is 2.13. The minimum atomic E-state index is -0.524. The minimum Gasteiger partial charge on any atom is -0.444 e. The van der Waals surface area contributed by atoms with E-state index in [4.69, 9.17) is 4.74 Å². The first-order valence-electron chi connectivity index (χ1n) is 5.91. The number of ether oxygens (including phenoxy) is 1. The molecule has 0 spiro atoms.